The van der Waals surface area contributed by atoms with Gasteiger partial charge < -0.3 is 64.2 Å². The van der Waals surface area contributed by atoms with Crippen molar-refractivity contribution in [2.75, 3.05) is 33.5 Å². The number of rotatable bonds is 49. The van der Waals surface area contributed by atoms with Crippen LogP contribution in [0.2, 0.25) is 0 Å². The highest BCUT2D eigenvalue weighted by Gasteiger charge is 2.51. The molecule has 0 bridgehead atoms. The lowest BCUT2D eigenvalue weighted by molar-refractivity contribution is -0.300. The molecule has 2 amide bonds. The number of Topliss-reactive ketones (excluding diaryl/α,β-unsaturated/α-hetero) is 1. The van der Waals surface area contributed by atoms with Crippen molar-refractivity contribution < 1.29 is 91.5 Å². The van der Waals surface area contributed by atoms with E-state index in [1.165, 1.54) is 51.4 Å². The van der Waals surface area contributed by atoms with Crippen LogP contribution < -0.4 is 10.6 Å². The topological polar surface area (TPSA) is 305 Å². The average Bonchev–Trinajstić information content (AvgIpc) is 3.57. The molecule has 470 valence electrons. The monoisotopic (exact) mass is 1190 g/mol. The molecule has 0 saturated carbocycles. The maximum Gasteiger partial charge on any atom is 0.472 e. The Kier molecular flexibility index (Phi) is 47.0. The predicted molar refractivity (Wildman–Crippen MR) is 306 cm³/mol. The molecule has 0 unspecified atom stereocenters. The number of methoxy groups -OCH3 is 1. The molecule has 0 aliphatic carbocycles. The Morgan fingerprint density at radius 2 is 1.10 bits per heavy atom. The number of phosphoric acid groups is 1. The Labute approximate surface area is 480 Å². The fourth-order valence-electron chi connectivity index (χ4n) is 9.90. The molecule has 11 atom stereocenters. The van der Waals surface area contributed by atoms with Gasteiger partial charge in [0.15, 0.2) is 12.6 Å². The third-order valence-electron chi connectivity index (χ3n) is 14.6. The Morgan fingerprint density at radius 3 is 1.64 bits per heavy atom. The van der Waals surface area contributed by atoms with E-state index in [-0.39, 0.29) is 56.9 Å². The zero-order valence-electron chi connectivity index (χ0n) is 49.3. The van der Waals surface area contributed by atoms with E-state index in [1.807, 2.05) is 0 Å². The van der Waals surface area contributed by atoms with Gasteiger partial charge in [-0.15, -0.1) is 4.67 Å². The van der Waals surface area contributed by atoms with Crippen LogP contribution in [-0.4, -0.2) is 149 Å². The Morgan fingerprint density at radius 1 is 0.625 bits per heavy atom. The second-order valence-corrected chi connectivity index (χ2v) is 22.8. The molecule has 2 aliphatic heterocycles. The number of carbonyl (C=O) groups excluding carboxylic acids is 3. The number of aliphatic hydroxyl groups excluding tert-OH is 3. The molecular weight excluding hydrogens is 1080 g/mol. The highest BCUT2D eigenvalue weighted by molar-refractivity contribution is 7.46. The number of phosphoric ester groups is 1. The van der Waals surface area contributed by atoms with Crippen molar-refractivity contribution in [1.82, 2.24) is 10.6 Å². The van der Waals surface area contributed by atoms with E-state index in [0.29, 0.717) is 19.3 Å². The number of nitrogens with one attached hydrogen (secondary N) is 2. The summed E-state index contributed by atoms with van der Waals surface area (Å²) in [5, 5.41) is 46.5. The first-order chi connectivity index (χ1) is 38.6. The Bertz CT molecular complexity index is 1630. The average molecular weight is 1190 g/mol. The first kappa shape index (κ1) is 76.1. The van der Waals surface area contributed by atoms with E-state index >= 15 is 0 Å². The fraction of sp³-hybridized carbons (Fsp3) is 0.912. The van der Waals surface area contributed by atoms with Gasteiger partial charge in [0.05, 0.1) is 25.2 Å². The molecule has 2 heterocycles. The van der Waals surface area contributed by atoms with Crippen molar-refractivity contribution in [1.29, 1.82) is 0 Å². The van der Waals surface area contributed by atoms with Crippen molar-refractivity contribution in [3.05, 3.63) is 12.2 Å². The van der Waals surface area contributed by atoms with Crippen LogP contribution in [0.15, 0.2) is 12.2 Å². The molecule has 0 aromatic rings. The summed E-state index contributed by atoms with van der Waals surface area (Å²) in [7, 11) is -4.35. The van der Waals surface area contributed by atoms with Crippen LogP contribution in [0.1, 0.15) is 233 Å². The number of hydrogen-bond donors (Lipinski definition) is 8. The second-order valence-electron chi connectivity index (χ2n) is 21.2. The van der Waals surface area contributed by atoms with Crippen molar-refractivity contribution in [3.63, 3.8) is 0 Å². The molecule has 21 nitrogen and oxygen atoms in total. The lowest BCUT2D eigenvalue weighted by Gasteiger charge is -2.47. The fourth-order valence-corrected chi connectivity index (χ4v) is 10.4. The van der Waals surface area contributed by atoms with Gasteiger partial charge in [-0.3, -0.25) is 18.9 Å². The summed E-state index contributed by atoms with van der Waals surface area (Å²) in [5.41, 5.74) is 0. The zero-order valence-corrected chi connectivity index (χ0v) is 51.1. The van der Waals surface area contributed by atoms with E-state index in [9.17, 15) is 44.1 Å². The third-order valence-corrected chi connectivity index (χ3v) is 15.1. The van der Waals surface area contributed by atoms with Crippen LogP contribution in [0.3, 0.4) is 0 Å². The van der Waals surface area contributed by atoms with Gasteiger partial charge in [0, 0.05) is 39.8 Å². The third kappa shape index (κ3) is 36.1. The van der Waals surface area contributed by atoms with Crippen LogP contribution in [-0.2, 0) is 61.1 Å². The maximum atomic E-state index is 13.8. The summed E-state index contributed by atoms with van der Waals surface area (Å²) < 4.78 is 66.4. The molecule has 2 aliphatic rings. The van der Waals surface area contributed by atoms with Gasteiger partial charge in [0.25, 0.3) is 0 Å². The first-order valence-corrected chi connectivity index (χ1v) is 32.7. The Hall–Kier alpha value is -1.88. The van der Waals surface area contributed by atoms with E-state index in [2.05, 4.69) is 48.2 Å². The van der Waals surface area contributed by atoms with Crippen molar-refractivity contribution in [2.45, 2.75) is 301 Å². The van der Waals surface area contributed by atoms with E-state index in [1.54, 1.807) is 14.0 Å². The number of aliphatic hydroxyl groups is 3. The second kappa shape index (κ2) is 49.4. The molecule has 2 fully saturated rings. The molecule has 2 rings (SSSR count). The molecule has 0 spiro atoms. The number of unbranched alkanes of at least 4 members (excludes halogenated alkanes) is 22. The number of carbonyl (C=O) groups is 3. The normalized spacial score (nSPS) is 23.7. The van der Waals surface area contributed by atoms with E-state index in [4.69, 9.17) is 42.8 Å². The van der Waals surface area contributed by atoms with Gasteiger partial charge in [0.2, 0.25) is 11.8 Å². The largest absolute Gasteiger partial charge is 0.472 e. The quantitative estimate of drug-likeness (QED) is 0.00701. The minimum atomic E-state index is -5.31. The predicted octanol–water partition coefficient (Wildman–Crippen LogP) is 10.4. The van der Waals surface area contributed by atoms with E-state index in [0.717, 1.165) is 109 Å². The van der Waals surface area contributed by atoms with Gasteiger partial charge in [0.1, 0.15) is 48.4 Å². The summed E-state index contributed by atoms with van der Waals surface area (Å²) in [6, 6.07) is -2.56. The van der Waals surface area contributed by atoms with Crippen molar-refractivity contribution in [3.8, 4) is 0 Å². The number of hydrogen-bond acceptors (Lipinski definition) is 17. The smallest absolute Gasteiger partial charge is 0.396 e. The SMILES string of the molecule is CCCCCC/C=C\CCCCCCCCCC(=O)N[C@H]1[C@H](OC[C@H]2O[C@H](OP(=O)(O)O)[C@H](NC(=O)CC(=O)CC)[C@@H](OCCCCCCCCCC)[C@@H]2O)O[C@H](CCO)[C@@H](O)[C@@H]1OCC[C@@H](CCCCCCC)OC.O=POO. The van der Waals surface area contributed by atoms with Crippen LogP contribution in [0, 0.1) is 0 Å². The van der Waals surface area contributed by atoms with Crippen molar-refractivity contribution in [2.24, 2.45) is 0 Å². The number of ether oxygens (including phenoxy) is 6. The lowest BCUT2D eigenvalue weighted by Crippen LogP contribution is -2.67. The number of ketones is 1. The number of allylic oxidation sites excluding steroid dienone is 2. The molecule has 80 heavy (non-hydrogen) atoms. The summed E-state index contributed by atoms with van der Waals surface area (Å²) >= 11 is 0. The van der Waals surface area contributed by atoms with Crippen LogP contribution >= 0.6 is 16.5 Å². The minimum absolute atomic E-state index is 0.00679. The highest BCUT2D eigenvalue weighted by atomic mass is 31.2. The summed E-state index contributed by atoms with van der Waals surface area (Å²) in [6.07, 6.45) is 22.6. The van der Waals surface area contributed by atoms with Gasteiger partial charge >= 0.3 is 16.5 Å². The molecule has 23 heteroatoms. The molecule has 8 N–H and O–H groups in total. The molecule has 2 saturated heterocycles. The lowest BCUT2D eigenvalue weighted by atomic mass is 9.94. The van der Waals surface area contributed by atoms with Gasteiger partial charge in [-0.05, 0) is 57.8 Å². The van der Waals surface area contributed by atoms with Gasteiger partial charge in [-0.25, -0.2) is 14.4 Å². The van der Waals surface area contributed by atoms with Crippen molar-refractivity contribution >= 4 is 34.1 Å². The molecule has 0 aromatic heterocycles. The maximum absolute atomic E-state index is 13.8. The summed E-state index contributed by atoms with van der Waals surface area (Å²) in [5.74, 6) is -1.47. The van der Waals surface area contributed by atoms with Crippen LogP contribution in [0.5, 0.6) is 0 Å². The highest BCUT2D eigenvalue weighted by Crippen LogP contribution is 2.41. The van der Waals surface area contributed by atoms with E-state index < -0.39 is 96.7 Å². The zero-order chi connectivity index (χ0) is 59.2. The molecule has 0 aromatic carbocycles. The molecular formula is C57H108N2O19P2. The standard InChI is InChI=1S/C57H107N2O16P.HO3P/c1-6-10-13-16-18-20-21-22-23-24-25-26-27-30-33-36-48(62)58-50-54(71-41-38-45(69-5)35-32-29-15-12-8-3)52(64)46(37-39-60)73-56(50)72-43-47-53(65)55(70-40-34-31-28-19-17-14-11-7-2)51(57(74-47)75-76(66,67)68)59-49(63)42-44(61)9-4;1-3-4-2/h20-21,45-47,50-57,60,64-65H,6-19,22-43H2,1-5H3,(H,58,62)(H,59,63)(H2,66,67,68);1H/b21-20-;/t45-,46-,47-,50-,51-,52-,53-,54-,55-,56-,57-;/m1./s1. The van der Waals surface area contributed by atoms with Gasteiger partial charge in [-0.1, -0.05) is 168 Å². The molecule has 0 radical (unpaired) electrons. The minimum Gasteiger partial charge on any atom is -0.396 e. The van der Waals surface area contributed by atoms with Crippen LogP contribution in [0.4, 0.5) is 0 Å². The summed E-state index contributed by atoms with van der Waals surface area (Å²) in [4.78, 5) is 59.3. The first-order valence-electron chi connectivity index (χ1n) is 30.4. The van der Waals surface area contributed by atoms with Crippen LogP contribution in [0.25, 0.3) is 0 Å². The van der Waals surface area contributed by atoms with Gasteiger partial charge in [-0.2, -0.15) is 0 Å². The summed E-state index contributed by atoms with van der Waals surface area (Å²) in [6.45, 7) is 7.58. The number of amides is 2. The Balaban J connectivity index is 0.00000772.